The number of anilines is 1. The summed E-state index contributed by atoms with van der Waals surface area (Å²) in [5, 5.41) is 12.3. The maximum absolute atomic E-state index is 10.9. The summed E-state index contributed by atoms with van der Waals surface area (Å²) in [5.41, 5.74) is 0.711. The van der Waals surface area contributed by atoms with Crippen LogP contribution >= 0.6 is 11.6 Å². The third-order valence-corrected chi connectivity index (χ3v) is 2.90. The van der Waals surface area contributed by atoms with Crippen molar-refractivity contribution in [3.8, 4) is 0 Å². The van der Waals surface area contributed by atoms with Crippen molar-refractivity contribution in [3.63, 3.8) is 0 Å². The van der Waals surface area contributed by atoms with E-state index in [0.717, 1.165) is 0 Å². The Labute approximate surface area is 141 Å². The summed E-state index contributed by atoms with van der Waals surface area (Å²) in [5.74, 6) is -1.00. The van der Waals surface area contributed by atoms with E-state index < -0.39 is 5.97 Å². The van der Waals surface area contributed by atoms with Crippen LogP contribution in [0.15, 0.2) is 18.2 Å². The zero-order chi connectivity index (χ0) is 17.7. The van der Waals surface area contributed by atoms with Gasteiger partial charge in [0.2, 0.25) is 0 Å². The number of hydrogen-bond acceptors (Lipinski definition) is 6. The second-order valence-electron chi connectivity index (χ2n) is 4.27. The topological polar surface area (TPSA) is 86.3 Å². The van der Waals surface area contributed by atoms with Gasteiger partial charge in [-0.1, -0.05) is 11.6 Å². The predicted octanol–water partition coefficient (Wildman–Crippen LogP) is 2.35. The van der Waals surface area contributed by atoms with Crippen molar-refractivity contribution in [1.29, 1.82) is 0 Å². The molecule has 0 aliphatic heterocycles. The minimum Gasteiger partial charge on any atom is -0.478 e. The van der Waals surface area contributed by atoms with Crippen LogP contribution in [0.25, 0.3) is 0 Å². The number of nitrogens with one attached hydrogen (secondary N) is 1. The molecule has 0 fully saturated rings. The molecular formula is C15H24ClNO6. The molecule has 1 aromatic rings. The molecule has 132 valence electrons. The molecule has 0 aliphatic rings. The molecule has 2 N–H and O–H groups in total. The van der Waals surface area contributed by atoms with Gasteiger partial charge in [-0.05, 0) is 18.2 Å². The zero-order valence-electron chi connectivity index (χ0n) is 13.8. The normalized spacial score (nSPS) is 10.2. The number of halogens is 1. The number of ether oxygens (including phenoxy) is 4. The number of carboxylic acids is 1. The lowest BCUT2D eigenvalue weighted by Gasteiger charge is -2.10. The molecule has 0 atom stereocenters. The van der Waals surface area contributed by atoms with Gasteiger partial charge in [-0.2, -0.15) is 0 Å². The van der Waals surface area contributed by atoms with Crippen molar-refractivity contribution >= 4 is 23.3 Å². The van der Waals surface area contributed by atoms with Gasteiger partial charge in [0, 0.05) is 45.7 Å². The van der Waals surface area contributed by atoms with E-state index in [4.69, 9.17) is 35.7 Å². The zero-order valence-corrected chi connectivity index (χ0v) is 14.6. The molecule has 0 radical (unpaired) electrons. The van der Waals surface area contributed by atoms with E-state index in [9.17, 15) is 4.79 Å². The lowest BCUT2D eigenvalue weighted by Crippen LogP contribution is -2.18. The van der Waals surface area contributed by atoms with Gasteiger partial charge in [0.05, 0.1) is 18.8 Å². The lowest BCUT2D eigenvalue weighted by atomic mass is 10.2. The standard InChI is InChI=1S/C10H12ClNO3.C5H12O3/c1-15-5-4-12-9-3-2-7(11)6-8(9)10(13)14;1-6-4-5(7-2)8-3/h2-3,6,12H,4-5H2,1H3,(H,13,14);5H,4H2,1-3H3. The molecule has 0 bridgehead atoms. The van der Waals surface area contributed by atoms with Crippen LogP contribution in [0, 0.1) is 0 Å². The number of aromatic carboxylic acids is 1. The number of methoxy groups -OCH3 is 4. The maximum Gasteiger partial charge on any atom is 0.337 e. The van der Waals surface area contributed by atoms with Crippen molar-refractivity contribution in [2.45, 2.75) is 6.29 Å². The van der Waals surface area contributed by atoms with Gasteiger partial charge in [-0.15, -0.1) is 0 Å². The van der Waals surface area contributed by atoms with Crippen molar-refractivity contribution in [3.05, 3.63) is 28.8 Å². The van der Waals surface area contributed by atoms with Crippen molar-refractivity contribution in [1.82, 2.24) is 0 Å². The molecule has 1 rings (SSSR count). The van der Waals surface area contributed by atoms with Crippen molar-refractivity contribution in [2.75, 3.05) is 53.5 Å². The van der Waals surface area contributed by atoms with Crippen molar-refractivity contribution < 1.29 is 28.8 Å². The average Bonchev–Trinajstić information content (AvgIpc) is 2.54. The minimum atomic E-state index is -1.00. The summed E-state index contributed by atoms with van der Waals surface area (Å²) in [6.45, 7) is 1.55. The Morgan fingerprint density at radius 2 is 1.87 bits per heavy atom. The monoisotopic (exact) mass is 349 g/mol. The minimum absolute atomic E-state index is 0.165. The Balaban J connectivity index is 0.000000515. The van der Waals surface area contributed by atoms with Gasteiger partial charge in [-0.3, -0.25) is 0 Å². The predicted molar refractivity (Wildman–Crippen MR) is 88.5 cm³/mol. The van der Waals surface area contributed by atoms with Crippen LogP contribution < -0.4 is 5.32 Å². The number of hydrogen-bond donors (Lipinski definition) is 2. The largest absolute Gasteiger partial charge is 0.478 e. The maximum atomic E-state index is 10.9. The highest BCUT2D eigenvalue weighted by molar-refractivity contribution is 6.31. The first-order valence-corrected chi connectivity index (χ1v) is 7.18. The summed E-state index contributed by atoms with van der Waals surface area (Å²) in [7, 11) is 6.34. The van der Waals surface area contributed by atoms with Gasteiger partial charge >= 0.3 is 5.97 Å². The fourth-order valence-corrected chi connectivity index (χ4v) is 1.68. The number of benzene rings is 1. The molecule has 0 aliphatic carbocycles. The van der Waals surface area contributed by atoms with E-state index in [0.29, 0.717) is 30.5 Å². The van der Waals surface area contributed by atoms with Crippen LogP contribution in [0.5, 0.6) is 0 Å². The van der Waals surface area contributed by atoms with E-state index in [1.165, 1.54) is 6.07 Å². The first-order valence-electron chi connectivity index (χ1n) is 6.80. The van der Waals surface area contributed by atoms with E-state index in [1.807, 2.05) is 0 Å². The molecule has 8 heteroatoms. The molecule has 0 amide bonds. The first kappa shape index (κ1) is 21.6. The summed E-state index contributed by atoms with van der Waals surface area (Å²) in [6.07, 6.45) is -0.222. The highest BCUT2D eigenvalue weighted by Crippen LogP contribution is 2.20. The van der Waals surface area contributed by atoms with Gasteiger partial charge in [0.25, 0.3) is 0 Å². The fraction of sp³-hybridized carbons (Fsp3) is 0.533. The Kier molecular flexibility index (Phi) is 12.3. The Bertz CT molecular complexity index is 454. The second kappa shape index (κ2) is 13.1. The molecule has 0 aromatic heterocycles. The van der Waals surface area contributed by atoms with E-state index in [-0.39, 0.29) is 11.9 Å². The van der Waals surface area contributed by atoms with Gasteiger partial charge in [0.1, 0.15) is 0 Å². The number of carbonyl (C=O) groups is 1. The number of carboxylic acid groups (broad SMARTS) is 1. The van der Waals surface area contributed by atoms with E-state index in [2.05, 4.69) is 5.32 Å². The van der Waals surface area contributed by atoms with Crippen LogP contribution in [0.2, 0.25) is 5.02 Å². The van der Waals surface area contributed by atoms with Crippen molar-refractivity contribution in [2.24, 2.45) is 0 Å². The van der Waals surface area contributed by atoms with Crippen LogP contribution in [-0.4, -0.2) is 65.6 Å². The molecule has 23 heavy (non-hydrogen) atoms. The number of rotatable bonds is 9. The highest BCUT2D eigenvalue weighted by Gasteiger charge is 2.09. The molecule has 0 saturated heterocycles. The summed E-state index contributed by atoms with van der Waals surface area (Å²) >= 11 is 5.71. The lowest BCUT2D eigenvalue weighted by molar-refractivity contribution is -0.133. The van der Waals surface area contributed by atoms with Crippen LogP contribution in [-0.2, 0) is 18.9 Å². The molecule has 0 saturated carbocycles. The summed E-state index contributed by atoms with van der Waals surface area (Å²) in [6, 6.07) is 4.70. The van der Waals surface area contributed by atoms with Crippen LogP contribution in [0.1, 0.15) is 10.4 Å². The Morgan fingerprint density at radius 3 is 2.30 bits per heavy atom. The summed E-state index contributed by atoms with van der Waals surface area (Å²) in [4.78, 5) is 10.9. The van der Waals surface area contributed by atoms with Crippen LogP contribution in [0.4, 0.5) is 5.69 Å². The average molecular weight is 350 g/mol. The smallest absolute Gasteiger partial charge is 0.337 e. The first-order chi connectivity index (χ1) is 11.0. The Morgan fingerprint density at radius 1 is 1.22 bits per heavy atom. The van der Waals surface area contributed by atoms with Gasteiger partial charge < -0.3 is 29.4 Å². The summed E-state index contributed by atoms with van der Waals surface area (Å²) < 4.78 is 19.2. The second-order valence-corrected chi connectivity index (χ2v) is 4.71. The quantitative estimate of drug-likeness (QED) is 0.522. The third kappa shape index (κ3) is 9.37. The van der Waals surface area contributed by atoms with Gasteiger partial charge in [-0.25, -0.2) is 4.79 Å². The molecule has 0 heterocycles. The third-order valence-electron chi connectivity index (χ3n) is 2.66. The molecule has 7 nitrogen and oxygen atoms in total. The molecule has 0 unspecified atom stereocenters. The highest BCUT2D eigenvalue weighted by atomic mass is 35.5. The molecule has 1 aromatic carbocycles. The van der Waals surface area contributed by atoms with Gasteiger partial charge in [0.15, 0.2) is 6.29 Å². The van der Waals surface area contributed by atoms with E-state index in [1.54, 1.807) is 40.6 Å². The SMILES string of the molecule is COCC(OC)OC.COCCNc1ccc(Cl)cc1C(=O)O. The van der Waals surface area contributed by atoms with Crippen LogP contribution in [0.3, 0.4) is 0 Å². The fourth-order valence-electron chi connectivity index (χ4n) is 1.50. The van der Waals surface area contributed by atoms with E-state index >= 15 is 0 Å². The molecule has 0 spiro atoms. The Hall–Kier alpha value is -1.38. The molecular weight excluding hydrogens is 326 g/mol.